The van der Waals surface area contributed by atoms with Crippen LogP contribution in [0.4, 0.5) is 5.69 Å². The number of sulfonamides is 1. The summed E-state index contributed by atoms with van der Waals surface area (Å²) in [5, 5.41) is 2.99. The van der Waals surface area contributed by atoms with Gasteiger partial charge in [-0.2, -0.15) is 0 Å². The van der Waals surface area contributed by atoms with Crippen molar-refractivity contribution in [2.24, 2.45) is 0 Å². The van der Waals surface area contributed by atoms with Gasteiger partial charge in [-0.3, -0.25) is 9.10 Å². The summed E-state index contributed by atoms with van der Waals surface area (Å²) >= 11 is 6.12. The fourth-order valence-electron chi connectivity index (χ4n) is 2.53. The molecule has 7 heteroatoms. The molecule has 0 aromatic heterocycles. The first-order valence-corrected chi connectivity index (χ1v) is 10.4. The van der Waals surface area contributed by atoms with Crippen LogP contribution in [0, 0.1) is 0 Å². The number of halogens is 1. The molecule has 0 fully saturated rings. The zero-order valence-electron chi connectivity index (χ0n) is 14.9. The van der Waals surface area contributed by atoms with E-state index in [4.69, 9.17) is 11.6 Å². The molecule has 2 rings (SSSR count). The Labute approximate surface area is 160 Å². The molecule has 0 heterocycles. The largest absolute Gasteiger partial charge is 0.352 e. The van der Waals surface area contributed by atoms with Crippen LogP contribution in [0.2, 0.25) is 5.02 Å². The van der Waals surface area contributed by atoms with Crippen LogP contribution in [0.1, 0.15) is 37.0 Å². The molecule has 0 saturated heterocycles. The van der Waals surface area contributed by atoms with Crippen LogP contribution < -0.4 is 9.62 Å². The molecule has 0 unspecified atom stereocenters. The first-order chi connectivity index (χ1) is 12.4. The molecule has 0 atom stereocenters. The average Bonchev–Trinajstić information content (AvgIpc) is 2.63. The monoisotopic (exact) mass is 394 g/mol. The van der Waals surface area contributed by atoms with E-state index in [1.165, 1.54) is 22.5 Å². The second-order valence-electron chi connectivity index (χ2n) is 5.76. The Kier molecular flexibility index (Phi) is 7.06. The number of anilines is 1. The molecule has 26 heavy (non-hydrogen) atoms. The summed E-state index contributed by atoms with van der Waals surface area (Å²) in [5.41, 5.74) is 0.729. The number of hydrogen-bond acceptors (Lipinski definition) is 3. The van der Waals surface area contributed by atoms with Crippen LogP contribution in [0.25, 0.3) is 0 Å². The van der Waals surface area contributed by atoms with E-state index in [1.807, 2.05) is 13.0 Å². The number of nitrogens with zero attached hydrogens (tertiary/aromatic N) is 1. The second-order valence-corrected chi connectivity index (χ2v) is 8.03. The Balaban J connectivity index is 2.38. The highest BCUT2D eigenvalue weighted by molar-refractivity contribution is 7.92. The van der Waals surface area contributed by atoms with Crippen LogP contribution in [0.3, 0.4) is 0 Å². The summed E-state index contributed by atoms with van der Waals surface area (Å²) in [7, 11) is -3.81. The Hall–Kier alpha value is -2.05. The first kappa shape index (κ1) is 20.3. The lowest BCUT2D eigenvalue weighted by atomic mass is 10.2. The van der Waals surface area contributed by atoms with Gasteiger partial charge in [0.15, 0.2) is 0 Å². The van der Waals surface area contributed by atoms with E-state index in [1.54, 1.807) is 31.2 Å². The van der Waals surface area contributed by atoms with Crippen LogP contribution in [-0.2, 0) is 10.0 Å². The Morgan fingerprint density at radius 2 is 1.81 bits per heavy atom. The molecular weight excluding hydrogens is 372 g/mol. The minimum atomic E-state index is -3.81. The van der Waals surface area contributed by atoms with Gasteiger partial charge in [0.05, 0.1) is 21.2 Å². The summed E-state index contributed by atoms with van der Waals surface area (Å²) < 4.78 is 27.4. The van der Waals surface area contributed by atoms with E-state index >= 15 is 0 Å². The Bertz CT molecular complexity index is 854. The molecule has 2 aromatic rings. The first-order valence-electron chi connectivity index (χ1n) is 8.57. The maximum Gasteiger partial charge on any atom is 0.264 e. The van der Waals surface area contributed by atoms with E-state index in [0.717, 1.165) is 12.8 Å². The van der Waals surface area contributed by atoms with Crippen molar-refractivity contribution in [3.05, 3.63) is 59.1 Å². The van der Waals surface area contributed by atoms with Crippen LogP contribution in [0.5, 0.6) is 0 Å². The number of hydrogen-bond donors (Lipinski definition) is 1. The normalized spacial score (nSPS) is 11.2. The summed E-state index contributed by atoms with van der Waals surface area (Å²) in [6.45, 7) is 4.58. The second kappa shape index (κ2) is 9.05. The minimum Gasteiger partial charge on any atom is -0.352 e. The van der Waals surface area contributed by atoms with E-state index in [0.29, 0.717) is 12.2 Å². The summed E-state index contributed by atoms with van der Waals surface area (Å²) in [5.74, 6) is -0.372. The van der Waals surface area contributed by atoms with Gasteiger partial charge in [-0.1, -0.05) is 43.1 Å². The fraction of sp³-hybridized carbons (Fsp3) is 0.316. The summed E-state index contributed by atoms with van der Waals surface area (Å²) in [6.07, 6.45) is 1.80. The molecule has 0 bridgehead atoms. The minimum absolute atomic E-state index is 0.0354. The lowest BCUT2D eigenvalue weighted by Gasteiger charge is -2.23. The number of carbonyl (C=O) groups excluding carboxylic acids is 1. The molecule has 0 radical (unpaired) electrons. The van der Waals surface area contributed by atoms with Crippen LogP contribution in [0.15, 0.2) is 53.4 Å². The van der Waals surface area contributed by atoms with Crippen molar-refractivity contribution in [3.8, 4) is 0 Å². The van der Waals surface area contributed by atoms with Gasteiger partial charge in [-0.25, -0.2) is 8.42 Å². The lowest BCUT2D eigenvalue weighted by molar-refractivity contribution is 0.0953. The smallest absolute Gasteiger partial charge is 0.264 e. The fourth-order valence-corrected chi connectivity index (χ4v) is 4.23. The van der Waals surface area contributed by atoms with E-state index in [2.05, 4.69) is 5.32 Å². The maximum absolute atomic E-state index is 13.1. The predicted octanol–water partition coefficient (Wildman–Crippen LogP) is 4.09. The van der Waals surface area contributed by atoms with Crippen molar-refractivity contribution in [2.75, 3.05) is 17.4 Å². The molecule has 1 N–H and O–H groups in total. The van der Waals surface area contributed by atoms with Gasteiger partial charge in [-0.15, -0.1) is 0 Å². The molecule has 2 aromatic carbocycles. The third-order valence-corrected chi connectivity index (χ3v) is 6.15. The summed E-state index contributed by atoms with van der Waals surface area (Å²) in [4.78, 5) is 12.4. The number of rotatable bonds is 8. The number of benzene rings is 2. The number of para-hydroxylation sites is 1. The number of amides is 1. The number of unbranched alkanes of at least 4 members (excludes halogenated alkanes) is 1. The summed E-state index contributed by atoms with van der Waals surface area (Å²) in [6, 6.07) is 13.1. The lowest BCUT2D eigenvalue weighted by Crippen LogP contribution is -2.31. The van der Waals surface area contributed by atoms with Crippen LogP contribution in [-0.4, -0.2) is 27.4 Å². The van der Waals surface area contributed by atoms with Crippen molar-refractivity contribution >= 4 is 33.2 Å². The quantitative estimate of drug-likeness (QED) is 0.686. The van der Waals surface area contributed by atoms with Gasteiger partial charge in [0.2, 0.25) is 0 Å². The van der Waals surface area contributed by atoms with Crippen molar-refractivity contribution in [1.82, 2.24) is 5.32 Å². The van der Waals surface area contributed by atoms with Crippen molar-refractivity contribution in [3.63, 3.8) is 0 Å². The SMILES string of the molecule is CCCCNC(=O)c1cc(S(=O)(=O)N(CC)c2ccccc2)ccc1Cl. The zero-order chi connectivity index (χ0) is 19.2. The molecule has 5 nitrogen and oxygen atoms in total. The van der Waals surface area contributed by atoms with Gasteiger partial charge in [-0.05, 0) is 43.7 Å². The van der Waals surface area contributed by atoms with E-state index < -0.39 is 10.0 Å². The molecule has 1 amide bonds. The Morgan fingerprint density at radius 1 is 1.12 bits per heavy atom. The molecule has 0 saturated carbocycles. The molecule has 0 aliphatic heterocycles. The molecule has 0 spiro atoms. The van der Waals surface area contributed by atoms with Gasteiger partial charge >= 0.3 is 0 Å². The van der Waals surface area contributed by atoms with E-state index in [-0.39, 0.29) is 27.9 Å². The third kappa shape index (κ3) is 4.56. The maximum atomic E-state index is 13.1. The van der Waals surface area contributed by atoms with Crippen molar-refractivity contribution in [1.29, 1.82) is 0 Å². The standard InChI is InChI=1S/C19H23ClN2O3S/c1-3-5-13-21-19(23)17-14-16(11-12-18(17)20)26(24,25)22(4-2)15-9-7-6-8-10-15/h6-12,14H,3-5,13H2,1-2H3,(H,21,23). The van der Waals surface area contributed by atoms with Crippen molar-refractivity contribution in [2.45, 2.75) is 31.6 Å². The molecule has 140 valence electrons. The topological polar surface area (TPSA) is 66.5 Å². The van der Waals surface area contributed by atoms with Gasteiger partial charge < -0.3 is 5.32 Å². The van der Waals surface area contributed by atoms with Gasteiger partial charge in [0.25, 0.3) is 15.9 Å². The number of carbonyl (C=O) groups is 1. The third-order valence-electron chi connectivity index (χ3n) is 3.92. The van der Waals surface area contributed by atoms with E-state index in [9.17, 15) is 13.2 Å². The highest BCUT2D eigenvalue weighted by atomic mass is 35.5. The van der Waals surface area contributed by atoms with Gasteiger partial charge in [0, 0.05) is 13.1 Å². The Morgan fingerprint density at radius 3 is 2.42 bits per heavy atom. The predicted molar refractivity (Wildman–Crippen MR) is 105 cm³/mol. The van der Waals surface area contributed by atoms with Crippen LogP contribution >= 0.6 is 11.6 Å². The van der Waals surface area contributed by atoms with Crippen molar-refractivity contribution < 1.29 is 13.2 Å². The zero-order valence-corrected chi connectivity index (χ0v) is 16.5. The molecule has 0 aliphatic rings. The van der Waals surface area contributed by atoms with Gasteiger partial charge in [0.1, 0.15) is 0 Å². The average molecular weight is 395 g/mol. The molecular formula is C19H23ClN2O3S. The molecule has 0 aliphatic carbocycles. The highest BCUT2D eigenvalue weighted by Crippen LogP contribution is 2.26. The number of nitrogens with one attached hydrogen (secondary N) is 1. The highest BCUT2D eigenvalue weighted by Gasteiger charge is 2.25.